The van der Waals surface area contributed by atoms with Gasteiger partial charge < -0.3 is 10.0 Å². The van der Waals surface area contributed by atoms with E-state index in [-0.39, 0.29) is 23.6 Å². The molecule has 0 aliphatic heterocycles. The van der Waals surface area contributed by atoms with Crippen molar-refractivity contribution in [2.75, 3.05) is 28.9 Å². The van der Waals surface area contributed by atoms with Gasteiger partial charge in [-0.3, -0.25) is 9.76 Å². The second-order valence-corrected chi connectivity index (χ2v) is 8.43. The Hall–Kier alpha value is -3.61. The van der Waals surface area contributed by atoms with E-state index in [1.165, 1.54) is 12.1 Å². The number of hydrogen-bond acceptors (Lipinski definition) is 9. The van der Waals surface area contributed by atoms with E-state index in [1.807, 2.05) is 42.2 Å². The average Bonchev–Trinajstić information content (AvgIpc) is 2.80. The van der Waals surface area contributed by atoms with Crippen LogP contribution in [0.5, 0.6) is 5.75 Å². The van der Waals surface area contributed by atoms with Gasteiger partial charge in [-0.1, -0.05) is 36.4 Å². The zero-order chi connectivity index (χ0) is 24.4. The van der Waals surface area contributed by atoms with Crippen LogP contribution in [0.1, 0.15) is 13.3 Å². The van der Waals surface area contributed by atoms with Gasteiger partial charge in [-0.15, -0.1) is 15.0 Å². The minimum atomic E-state index is -3.96. The lowest BCUT2D eigenvalue weighted by molar-refractivity contribution is 0.259. The molecule has 33 heavy (non-hydrogen) atoms. The van der Waals surface area contributed by atoms with Gasteiger partial charge in [0.05, 0.1) is 11.0 Å². The van der Waals surface area contributed by atoms with Crippen molar-refractivity contribution < 1.29 is 23.3 Å². The minimum Gasteiger partial charge on any atom is -0.505 e. The zero-order valence-corrected chi connectivity index (χ0v) is 18.6. The monoisotopic (exact) mass is 476 g/mol. The molecule has 0 fully saturated rings. The molecule has 176 valence electrons. The number of nitrogens with zero attached hydrogens (tertiary/aromatic N) is 4. The summed E-state index contributed by atoms with van der Waals surface area (Å²) in [6.45, 7) is 2.87. The van der Waals surface area contributed by atoms with Crippen molar-refractivity contribution in [2.24, 2.45) is 10.5 Å². The predicted molar refractivity (Wildman–Crippen MR) is 126 cm³/mol. The lowest BCUT2D eigenvalue weighted by Crippen LogP contribution is -2.25. The van der Waals surface area contributed by atoms with Crippen molar-refractivity contribution in [3.63, 3.8) is 0 Å². The maximum atomic E-state index is 10.6. The molecule has 0 unspecified atom stereocenters. The van der Waals surface area contributed by atoms with Crippen LogP contribution in [0.3, 0.4) is 0 Å². The highest BCUT2D eigenvalue weighted by molar-refractivity contribution is 7.85. The fourth-order valence-corrected chi connectivity index (χ4v) is 3.61. The Morgan fingerprint density at radius 1 is 1.00 bits per heavy atom. The quantitative estimate of drug-likeness (QED) is 0.227. The lowest BCUT2D eigenvalue weighted by atomic mass is 10.1. The summed E-state index contributed by atoms with van der Waals surface area (Å²) in [5.41, 5.74) is 0.999. The van der Waals surface area contributed by atoms with Gasteiger partial charge in [0.2, 0.25) is 0 Å². The van der Waals surface area contributed by atoms with Gasteiger partial charge in [-0.2, -0.15) is 8.42 Å². The number of benzene rings is 3. The Labute approximate surface area is 190 Å². The van der Waals surface area contributed by atoms with Crippen molar-refractivity contribution in [3.8, 4) is 5.75 Å². The fraction of sp³-hybridized carbons (Fsp3) is 0.238. The molecule has 0 heterocycles. The number of phenols is 1. The molecule has 0 radical (unpaired) electrons. The van der Waals surface area contributed by atoms with E-state index in [4.69, 9.17) is 4.55 Å². The van der Waals surface area contributed by atoms with E-state index in [9.17, 15) is 28.5 Å². The number of phenolic OH excluding ortho intramolecular Hbond substituents is 1. The van der Waals surface area contributed by atoms with E-state index >= 15 is 0 Å². The molecular weight excluding hydrogens is 452 g/mol. The first-order valence-electron chi connectivity index (χ1n) is 9.86. The summed E-state index contributed by atoms with van der Waals surface area (Å²) in [5.74, 6) is -0.538. The highest BCUT2D eigenvalue weighted by Gasteiger charge is 2.11. The van der Waals surface area contributed by atoms with Gasteiger partial charge in [0.15, 0.2) is 0 Å². The molecule has 3 aromatic carbocycles. The minimum absolute atomic E-state index is 0.0438. The molecule has 0 aromatic heterocycles. The first kappa shape index (κ1) is 25.6. The van der Waals surface area contributed by atoms with E-state index in [1.54, 1.807) is 18.2 Å². The molecule has 0 aliphatic carbocycles. The lowest BCUT2D eigenvalue weighted by Gasteiger charge is -2.23. The van der Waals surface area contributed by atoms with Crippen LogP contribution in [0, 0.1) is 9.81 Å². The number of aromatic hydroxyl groups is 1. The van der Waals surface area contributed by atoms with Gasteiger partial charge in [-0.25, -0.2) is 0 Å². The van der Waals surface area contributed by atoms with Crippen LogP contribution in [0.4, 0.5) is 17.1 Å². The SMILES string of the molecule is CCN(CCCS(=O)(=O)O)c1ccc(N=O)c(O)c1.O=NN(O)c1cccc2ccccc12. The average molecular weight is 477 g/mol. The molecule has 0 amide bonds. The highest BCUT2D eigenvalue weighted by atomic mass is 32.2. The first-order valence-corrected chi connectivity index (χ1v) is 11.5. The summed E-state index contributed by atoms with van der Waals surface area (Å²) >= 11 is 0. The molecule has 11 nitrogen and oxygen atoms in total. The number of fused-ring (bicyclic) bond motifs is 1. The van der Waals surface area contributed by atoms with E-state index in [0.717, 1.165) is 10.8 Å². The molecular formula is C21H24N4O7S. The third-order valence-corrected chi connectivity index (χ3v) is 5.50. The Morgan fingerprint density at radius 3 is 2.30 bits per heavy atom. The summed E-state index contributed by atoms with van der Waals surface area (Å²) in [6, 6.07) is 17.1. The van der Waals surface area contributed by atoms with Crippen LogP contribution in [0.15, 0.2) is 71.1 Å². The molecule has 0 aliphatic rings. The molecule has 3 rings (SSSR count). The van der Waals surface area contributed by atoms with Crippen molar-refractivity contribution in [3.05, 3.63) is 70.5 Å². The molecule has 0 spiro atoms. The largest absolute Gasteiger partial charge is 0.505 e. The van der Waals surface area contributed by atoms with Gasteiger partial charge in [0.1, 0.15) is 17.1 Å². The number of nitroso groups, excluding NO2 is 2. The molecule has 3 N–H and O–H groups in total. The summed E-state index contributed by atoms with van der Waals surface area (Å²) in [6.07, 6.45) is 0.265. The van der Waals surface area contributed by atoms with Crippen molar-refractivity contribution >= 4 is 38.0 Å². The summed E-state index contributed by atoms with van der Waals surface area (Å²) in [7, 11) is -3.96. The molecule has 3 aromatic rings. The summed E-state index contributed by atoms with van der Waals surface area (Å²) in [4.78, 5) is 22.3. The highest BCUT2D eigenvalue weighted by Crippen LogP contribution is 2.30. The normalized spacial score (nSPS) is 10.8. The second-order valence-electron chi connectivity index (χ2n) is 6.85. The van der Waals surface area contributed by atoms with Crippen LogP contribution in [0.25, 0.3) is 10.8 Å². The van der Waals surface area contributed by atoms with E-state index in [2.05, 4.69) is 10.5 Å². The number of hydrogen-bond donors (Lipinski definition) is 3. The Balaban J connectivity index is 0.000000243. The third-order valence-electron chi connectivity index (χ3n) is 4.69. The summed E-state index contributed by atoms with van der Waals surface area (Å²) < 4.78 is 29.9. The Kier molecular flexibility index (Phi) is 9.21. The molecule has 0 bridgehead atoms. The number of anilines is 2. The smallest absolute Gasteiger partial charge is 0.264 e. The standard InChI is InChI=1S/C11H16N2O5S.C10H8N2O2/c1-2-13(6-3-7-19(16,17)18)9-4-5-10(12-15)11(14)8-9;13-11-12(14)10-7-3-5-8-4-1-2-6-9(8)10/h4-5,8,14H,2-3,6-7H2,1H3,(H,16,17,18);1-7,14H. The van der Waals surface area contributed by atoms with Crippen LogP contribution >= 0.6 is 0 Å². The molecule has 0 saturated heterocycles. The maximum absolute atomic E-state index is 10.6. The summed E-state index contributed by atoms with van der Waals surface area (Å²) in [5, 5.41) is 25.9. The predicted octanol–water partition coefficient (Wildman–Crippen LogP) is 4.61. The Bertz CT molecular complexity index is 1200. The van der Waals surface area contributed by atoms with Gasteiger partial charge in [0.25, 0.3) is 10.1 Å². The van der Waals surface area contributed by atoms with Crippen LogP contribution < -0.4 is 10.1 Å². The van der Waals surface area contributed by atoms with E-state index < -0.39 is 10.1 Å². The van der Waals surface area contributed by atoms with Gasteiger partial charge in [0, 0.05) is 30.2 Å². The molecule has 12 heteroatoms. The van der Waals surface area contributed by atoms with Gasteiger partial charge in [-0.05, 0) is 42.1 Å². The third kappa shape index (κ3) is 7.49. The van der Waals surface area contributed by atoms with Crippen LogP contribution in [0.2, 0.25) is 0 Å². The van der Waals surface area contributed by atoms with Gasteiger partial charge >= 0.3 is 0 Å². The zero-order valence-electron chi connectivity index (χ0n) is 17.8. The van der Waals surface area contributed by atoms with E-state index in [0.29, 0.717) is 29.6 Å². The topological polar surface area (TPSA) is 160 Å². The second kappa shape index (κ2) is 11.9. The number of rotatable bonds is 9. The van der Waals surface area contributed by atoms with Crippen LogP contribution in [-0.2, 0) is 10.1 Å². The molecule has 0 atom stereocenters. The van der Waals surface area contributed by atoms with Crippen molar-refractivity contribution in [1.82, 2.24) is 0 Å². The first-order chi connectivity index (χ1) is 15.7. The van der Waals surface area contributed by atoms with Crippen LogP contribution in [-0.4, -0.2) is 42.1 Å². The fourth-order valence-electron chi connectivity index (χ4n) is 3.12. The van der Waals surface area contributed by atoms with Crippen molar-refractivity contribution in [1.29, 1.82) is 0 Å². The van der Waals surface area contributed by atoms with Crippen molar-refractivity contribution in [2.45, 2.75) is 13.3 Å². The maximum Gasteiger partial charge on any atom is 0.264 e. The Morgan fingerprint density at radius 2 is 1.70 bits per heavy atom. The molecule has 0 saturated carbocycles.